The highest BCUT2D eigenvalue weighted by Gasteiger charge is 2.27. The third-order valence-electron chi connectivity index (χ3n) is 2.41. The summed E-state index contributed by atoms with van der Waals surface area (Å²) in [5, 5.41) is 9.18. The van der Waals surface area contributed by atoms with E-state index in [-0.39, 0.29) is 5.91 Å². The Morgan fingerprint density at radius 1 is 1.31 bits per heavy atom. The number of hydrogen-bond acceptors (Lipinski definition) is 2. The fourth-order valence-corrected chi connectivity index (χ4v) is 1.68. The van der Waals surface area contributed by atoms with E-state index in [1.54, 1.807) is 31.2 Å². The molecule has 0 aliphatic carbocycles. The van der Waals surface area contributed by atoms with Gasteiger partial charge in [0.05, 0.1) is 0 Å². The van der Waals surface area contributed by atoms with Crippen molar-refractivity contribution in [3.05, 3.63) is 35.9 Å². The van der Waals surface area contributed by atoms with Crippen molar-refractivity contribution in [3.63, 3.8) is 0 Å². The summed E-state index contributed by atoms with van der Waals surface area (Å²) in [6.07, 6.45) is 0. The van der Waals surface area contributed by atoms with E-state index in [9.17, 15) is 14.7 Å². The first-order valence-corrected chi connectivity index (χ1v) is 5.13. The molecule has 0 aromatic heterocycles. The molecule has 86 valence electrons. The van der Waals surface area contributed by atoms with Crippen molar-refractivity contribution in [2.75, 3.05) is 6.54 Å². The second-order valence-corrected chi connectivity index (χ2v) is 3.46. The molecule has 1 aromatic rings. The van der Waals surface area contributed by atoms with E-state index < -0.39 is 12.0 Å². The lowest BCUT2D eigenvalue weighted by atomic mass is 10.1. The summed E-state index contributed by atoms with van der Waals surface area (Å²) >= 11 is 0. The summed E-state index contributed by atoms with van der Waals surface area (Å²) in [5.41, 5.74) is 0.618. The molecular weight excluding hydrogens is 206 g/mol. The SMILES string of the molecule is CCN(C(C)=O)[C@@H](C(=O)O)c1ccccc1. The van der Waals surface area contributed by atoms with Crippen LogP contribution >= 0.6 is 0 Å². The fraction of sp³-hybridized carbons (Fsp3) is 0.333. The van der Waals surface area contributed by atoms with Crippen molar-refractivity contribution in [1.29, 1.82) is 0 Å². The molecule has 4 nitrogen and oxygen atoms in total. The van der Waals surface area contributed by atoms with Gasteiger partial charge in [-0.25, -0.2) is 4.79 Å². The standard InChI is InChI=1S/C12H15NO3/c1-3-13(9(2)14)11(12(15)16)10-7-5-4-6-8-10/h4-8,11H,3H2,1-2H3,(H,15,16)/t11-/m1/s1. The number of carbonyl (C=O) groups is 2. The highest BCUT2D eigenvalue weighted by atomic mass is 16.4. The van der Waals surface area contributed by atoms with E-state index in [0.717, 1.165) is 0 Å². The lowest BCUT2D eigenvalue weighted by Crippen LogP contribution is -2.37. The number of likely N-dealkylation sites (N-methyl/N-ethyl adjacent to an activating group) is 1. The molecule has 0 bridgehead atoms. The molecule has 0 heterocycles. The first kappa shape index (κ1) is 12.2. The largest absolute Gasteiger partial charge is 0.479 e. The Hall–Kier alpha value is -1.84. The average Bonchev–Trinajstić information content (AvgIpc) is 2.25. The molecule has 1 atom stereocenters. The first-order valence-electron chi connectivity index (χ1n) is 5.13. The van der Waals surface area contributed by atoms with Crippen LogP contribution in [0.3, 0.4) is 0 Å². The maximum atomic E-state index is 11.4. The van der Waals surface area contributed by atoms with Gasteiger partial charge in [0, 0.05) is 13.5 Å². The Morgan fingerprint density at radius 2 is 1.88 bits per heavy atom. The molecule has 0 spiro atoms. The number of carbonyl (C=O) groups excluding carboxylic acids is 1. The molecule has 1 N–H and O–H groups in total. The average molecular weight is 221 g/mol. The highest BCUT2D eigenvalue weighted by Crippen LogP contribution is 2.20. The summed E-state index contributed by atoms with van der Waals surface area (Å²) in [5.74, 6) is -1.25. The summed E-state index contributed by atoms with van der Waals surface area (Å²) in [6.45, 7) is 3.52. The monoisotopic (exact) mass is 221 g/mol. The maximum absolute atomic E-state index is 11.4. The van der Waals surface area contributed by atoms with Crippen molar-refractivity contribution < 1.29 is 14.7 Å². The fourth-order valence-electron chi connectivity index (χ4n) is 1.68. The lowest BCUT2D eigenvalue weighted by Gasteiger charge is -2.26. The zero-order valence-electron chi connectivity index (χ0n) is 9.38. The molecule has 1 aromatic carbocycles. The van der Waals surface area contributed by atoms with Gasteiger partial charge in [0.25, 0.3) is 0 Å². The quantitative estimate of drug-likeness (QED) is 0.841. The van der Waals surface area contributed by atoms with E-state index in [1.807, 2.05) is 6.07 Å². The predicted octanol–water partition coefficient (Wildman–Crippen LogP) is 1.68. The number of carboxylic acid groups (broad SMARTS) is 1. The summed E-state index contributed by atoms with van der Waals surface area (Å²) in [7, 11) is 0. The number of aliphatic carboxylic acids is 1. The maximum Gasteiger partial charge on any atom is 0.331 e. The van der Waals surface area contributed by atoms with Gasteiger partial charge in [0.2, 0.25) is 5.91 Å². The Labute approximate surface area is 94.5 Å². The van der Waals surface area contributed by atoms with E-state index in [4.69, 9.17) is 0 Å². The molecule has 0 saturated heterocycles. The molecular formula is C12H15NO3. The van der Waals surface area contributed by atoms with E-state index in [1.165, 1.54) is 11.8 Å². The van der Waals surface area contributed by atoms with Crippen LogP contribution in [0.15, 0.2) is 30.3 Å². The molecule has 1 amide bonds. The smallest absolute Gasteiger partial charge is 0.331 e. The number of nitrogens with zero attached hydrogens (tertiary/aromatic N) is 1. The first-order chi connectivity index (χ1) is 7.57. The third-order valence-corrected chi connectivity index (χ3v) is 2.41. The van der Waals surface area contributed by atoms with Crippen LogP contribution < -0.4 is 0 Å². The topological polar surface area (TPSA) is 57.6 Å². The molecule has 0 unspecified atom stereocenters. The van der Waals surface area contributed by atoms with Crippen molar-refractivity contribution in [1.82, 2.24) is 4.90 Å². The van der Waals surface area contributed by atoms with Crippen LogP contribution in [-0.4, -0.2) is 28.4 Å². The zero-order valence-corrected chi connectivity index (χ0v) is 9.38. The van der Waals surface area contributed by atoms with E-state index in [2.05, 4.69) is 0 Å². The van der Waals surface area contributed by atoms with Gasteiger partial charge in [-0.2, -0.15) is 0 Å². The second kappa shape index (κ2) is 5.30. The summed E-state index contributed by atoms with van der Waals surface area (Å²) in [4.78, 5) is 23.9. The van der Waals surface area contributed by atoms with Gasteiger partial charge in [-0.1, -0.05) is 30.3 Å². The van der Waals surface area contributed by atoms with Crippen LogP contribution in [0.4, 0.5) is 0 Å². The van der Waals surface area contributed by atoms with Gasteiger partial charge in [-0.3, -0.25) is 4.79 Å². The molecule has 4 heteroatoms. The lowest BCUT2D eigenvalue weighted by molar-refractivity contribution is -0.149. The third kappa shape index (κ3) is 2.59. The Bertz CT molecular complexity index is 375. The summed E-state index contributed by atoms with van der Waals surface area (Å²) in [6, 6.07) is 7.86. The minimum absolute atomic E-state index is 0.237. The molecule has 0 fully saturated rings. The van der Waals surface area contributed by atoms with Gasteiger partial charge in [-0.15, -0.1) is 0 Å². The van der Waals surface area contributed by atoms with Gasteiger partial charge in [0.1, 0.15) is 0 Å². The van der Waals surface area contributed by atoms with Gasteiger partial charge in [0.15, 0.2) is 6.04 Å². The van der Waals surface area contributed by atoms with Crippen LogP contribution in [0, 0.1) is 0 Å². The van der Waals surface area contributed by atoms with E-state index >= 15 is 0 Å². The van der Waals surface area contributed by atoms with Gasteiger partial charge >= 0.3 is 5.97 Å². The minimum Gasteiger partial charge on any atom is -0.479 e. The summed E-state index contributed by atoms with van der Waals surface area (Å²) < 4.78 is 0. The number of benzene rings is 1. The highest BCUT2D eigenvalue weighted by molar-refractivity contribution is 5.83. The van der Waals surface area contributed by atoms with Crippen LogP contribution in [-0.2, 0) is 9.59 Å². The van der Waals surface area contributed by atoms with Crippen LogP contribution in [0.25, 0.3) is 0 Å². The normalized spacial score (nSPS) is 11.9. The molecule has 0 aliphatic rings. The molecule has 1 rings (SSSR count). The van der Waals surface area contributed by atoms with Crippen molar-refractivity contribution in [2.24, 2.45) is 0 Å². The van der Waals surface area contributed by atoms with Crippen molar-refractivity contribution >= 4 is 11.9 Å². The Morgan fingerprint density at radius 3 is 2.25 bits per heavy atom. The molecule has 0 aliphatic heterocycles. The zero-order chi connectivity index (χ0) is 12.1. The second-order valence-electron chi connectivity index (χ2n) is 3.46. The van der Waals surface area contributed by atoms with Crippen LogP contribution in [0.2, 0.25) is 0 Å². The molecule has 0 saturated carbocycles. The molecule has 16 heavy (non-hydrogen) atoms. The number of rotatable bonds is 4. The van der Waals surface area contributed by atoms with Gasteiger partial charge < -0.3 is 10.0 Å². The van der Waals surface area contributed by atoms with E-state index in [0.29, 0.717) is 12.1 Å². The number of hydrogen-bond donors (Lipinski definition) is 1. The van der Waals surface area contributed by atoms with Crippen molar-refractivity contribution in [3.8, 4) is 0 Å². The van der Waals surface area contributed by atoms with Crippen LogP contribution in [0.1, 0.15) is 25.5 Å². The minimum atomic E-state index is -1.01. The molecule has 0 radical (unpaired) electrons. The predicted molar refractivity (Wildman–Crippen MR) is 59.9 cm³/mol. The Kier molecular flexibility index (Phi) is 4.05. The van der Waals surface area contributed by atoms with Gasteiger partial charge in [-0.05, 0) is 12.5 Å². The van der Waals surface area contributed by atoms with Crippen LogP contribution in [0.5, 0.6) is 0 Å². The van der Waals surface area contributed by atoms with Crippen molar-refractivity contribution in [2.45, 2.75) is 19.9 Å². The Balaban J connectivity index is 3.09. The number of carboxylic acids is 1. The number of amides is 1.